The van der Waals surface area contributed by atoms with Crippen LogP contribution in [-0.4, -0.2) is 19.7 Å². The lowest BCUT2D eigenvalue weighted by molar-refractivity contribution is -0.144. The van der Waals surface area contributed by atoms with Gasteiger partial charge in [0, 0.05) is 0 Å². The van der Waals surface area contributed by atoms with E-state index in [4.69, 9.17) is 9.47 Å². The number of allylic oxidation sites excluding steroid dienone is 1. The second-order valence-corrected chi connectivity index (χ2v) is 3.94. The van der Waals surface area contributed by atoms with E-state index in [-0.39, 0.29) is 11.9 Å². The van der Waals surface area contributed by atoms with Crippen LogP contribution in [-0.2, 0) is 9.53 Å². The Bertz CT molecular complexity index is 449. The zero-order valence-corrected chi connectivity index (χ0v) is 10.1. The number of benzene rings is 1. The summed E-state index contributed by atoms with van der Waals surface area (Å²) < 4.78 is 10.3. The topological polar surface area (TPSA) is 35.5 Å². The Labute approximate surface area is 101 Å². The first kappa shape index (κ1) is 11.7. The number of hydrogen-bond donors (Lipinski definition) is 0. The van der Waals surface area contributed by atoms with Crippen molar-refractivity contribution in [2.24, 2.45) is 0 Å². The van der Waals surface area contributed by atoms with Gasteiger partial charge in [-0.05, 0) is 36.6 Å². The smallest absolute Gasteiger partial charge is 0.313 e. The Morgan fingerprint density at radius 3 is 3.00 bits per heavy atom. The van der Waals surface area contributed by atoms with Crippen LogP contribution in [0.5, 0.6) is 5.75 Å². The van der Waals surface area contributed by atoms with Crippen LogP contribution in [0, 0.1) is 0 Å². The Morgan fingerprint density at radius 2 is 2.29 bits per heavy atom. The highest BCUT2D eigenvalue weighted by Gasteiger charge is 2.25. The average molecular weight is 232 g/mol. The number of methoxy groups -OCH3 is 1. The lowest BCUT2D eigenvalue weighted by Crippen LogP contribution is -2.18. The van der Waals surface area contributed by atoms with E-state index in [0.29, 0.717) is 13.0 Å². The molecule has 0 bridgehead atoms. The van der Waals surface area contributed by atoms with Crippen molar-refractivity contribution in [2.75, 3.05) is 13.7 Å². The number of carbonyl (C=O) groups excluding carboxylic acids is 1. The van der Waals surface area contributed by atoms with Crippen molar-refractivity contribution in [3.8, 4) is 5.75 Å². The summed E-state index contributed by atoms with van der Waals surface area (Å²) in [6, 6.07) is 5.78. The van der Waals surface area contributed by atoms with Gasteiger partial charge in [-0.3, -0.25) is 4.79 Å². The summed E-state index contributed by atoms with van der Waals surface area (Å²) in [6.45, 7) is 2.24. The van der Waals surface area contributed by atoms with E-state index < -0.39 is 0 Å². The van der Waals surface area contributed by atoms with Gasteiger partial charge in [0.15, 0.2) is 0 Å². The number of hydrogen-bond acceptors (Lipinski definition) is 3. The molecule has 0 amide bonds. The number of fused-ring (bicyclic) bond motifs is 1. The lowest BCUT2D eigenvalue weighted by Gasteiger charge is -2.20. The number of ether oxygens (including phenoxy) is 2. The van der Waals surface area contributed by atoms with Crippen LogP contribution < -0.4 is 4.74 Å². The summed E-state index contributed by atoms with van der Waals surface area (Å²) in [4.78, 5) is 11.9. The molecule has 0 spiro atoms. The van der Waals surface area contributed by atoms with Crippen LogP contribution in [0.2, 0.25) is 0 Å². The summed E-state index contributed by atoms with van der Waals surface area (Å²) in [5.41, 5.74) is 2.06. The number of rotatable bonds is 3. The second kappa shape index (κ2) is 5.04. The summed E-state index contributed by atoms with van der Waals surface area (Å²) in [5.74, 6) is 0.407. The Balaban J connectivity index is 2.35. The van der Waals surface area contributed by atoms with Gasteiger partial charge < -0.3 is 9.47 Å². The number of carbonyl (C=O) groups is 1. The molecule has 3 heteroatoms. The fourth-order valence-corrected chi connectivity index (χ4v) is 2.06. The molecule has 3 nitrogen and oxygen atoms in total. The molecular formula is C14H16O3. The SMILES string of the molecule is CCOC(=O)C1CC=Cc2ccc(OC)cc21. The molecule has 1 aliphatic rings. The zero-order chi connectivity index (χ0) is 12.3. The predicted molar refractivity (Wildman–Crippen MR) is 66.0 cm³/mol. The van der Waals surface area contributed by atoms with Crippen molar-refractivity contribution in [1.82, 2.24) is 0 Å². The zero-order valence-electron chi connectivity index (χ0n) is 10.1. The molecule has 1 aliphatic carbocycles. The maximum Gasteiger partial charge on any atom is 0.313 e. The quantitative estimate of drug-likeness (QED) is 0.752. The molecular weight excluding hydrogens is 216 g/mol. The third-order valence-electron chi connectivity index (χ3n) is 2.91. The van der Waals surface area contributed by atoms with Gasteiger partial charge in [0.05, 0.1) is 19.6 Å². The number of esters is 1. The van der Waals surface area contributed by atoms with E-state index in [9.17, 15) is 4.79 Å². The Hall–Kier alpha value is -1.77. The summed E-state index contributed by atoms with van der Waals surface area (Å²) in [7, 11) is 1.62. The summed E-state index contributed by atoms with van der Waals surface area (Å²) >= 11 is 0. The molecule has 1 atom stereocenters. The van der Waals surface area contributed by atoms with E-state index in [2.05, 4.69) is 0 Å². The van der Waals surface area contributed by atoms with Gasteiger partial charge in [-0.25, -0.2) is 0 Å². The maximum absolute atomic E-state index is 11.9. The van der Waals surface area contributed by atoms with Gasteiger partial charge in [0.2, 0.25) is 0 Å². The van der Waals surface area contributed by atoms with E-state index in [1.54, 1.807) is 7.11 Å². The van der Waals surface area contributed by atoms with Gasteiger partial charge in [-0.15, -0.1) is 0 Å². The minimum absolute atomic E-state index is 0.161. The Morgan fingerprint density at radius 1 is 1.47 bits per heavy atom. The van der Waals surface area contributed by atoms with E-state index in [1.807, 2.05) is 37.3 Å². The van der Waals surface area contributed by atoms with Crippen molar-refractivity contribution in [3.05, 3.63) is 35.4 Å². The molecule has 90 valence electrons. The van der Waals surface area contributed by atoms with Crippen LogP contribution in [0.1, 0.15) is 30.4 Å². The maximum atomic E-state index is 11.9. The van der Waals surface area contributed by atoms with Crippen molar-refractivity contribution in [3.63, 3.8) is 0 Å². The third kappa shape index (κ3) is 2.33. The second-order valence-electron chi connectivity index (χ2n) is 3.94. The monoisotopic (exact) mass is 232 g/mol. The average Bonchev–Trinajstić information content (AvgIpc) is 2.37. The van der Waals surface area contributed by atoms with Crippen molar-refractivity contribution < 1.29 is 14.3 Å². The van der Waals surface area contributed by atoms with Crippen LogP contribution in [0.3, 0.4) is 0 Å². The van der Waals surface area contributed by atoms with Crippen LogP contribution in [0.25, 0.3) is 6.08 Å². The predicted octanol–water partition coefficient (Wildman–Crippen LogP) is 2.76. The highest BCUT2D eigenvalue weighted by molar-refractivity contribution is 5.82. The molecule has 0 saturated heterocycles. The van der Waals surface area contributed by atoms with E-state index >= 15 is 0 Å². The normalized spacial score (nSPS) is 17.4. The molecule has 0 radical (unpaired) electrons. The molecule has 0 saturated carbocycles. The lowest BCUT2D eigenvalue weighted by atomic mass is 9.87. The summed E-state index contributed by atoms with van der Waals surface area (Å²) in [6.07, 6.45) is 4.74. The first-order valence-electron chi connectivity index (χ1n) is 5.77. The minimum Gasteiger partial charge on any atom is -0.497 e. The fraction of sp³-hybridized carbons (Fsp3) is 0.357. The fourth-order valence-electron chi connectivity index (χ4n) is 2.06. The van der Waals surface area contributed by atoms with E-state index in [1.165, 1.54) is 0 Å². The molecule has 0 fully saturated rings. The minimum atomic E-state index is -0.204. The summed E-state index contributed by atoms with van der Waals surface area (Å²) in [5, 5.41) is 0. The Kier molecular flexibility index (Phi) is 3.47. The molecule has 0 N–H and O–H groups in total. The van der Waals surface area contributed by atoms with Crippen molar-refractivity contribution in [1.29, 1.82) is 0 Å². The third-order valence-corrected chi connectivity index (χ3v) is 2.91. The standard InChI is InChI=1S/C14H16O3/c1-3-17-14(15)12-6-4-5-10-7-8-11(16-2)9-13(10)12/h4-5,7-9,12H,3,6H2,1-2H3. The van der Waals surface area contributed by atoms with E-state index in [0.717, 1.165) is 16.9 Å². The van der Waals surface area contributed by atoms with Crippen LogP contribution in [0.4, 0.5) is 0 Å². The molecule has 0 heterocycles. The molecule has 1 unspecified atom stereocenters. The highest BCUT2D eigenvalue weighted by atomic mass is 16.5. The van der Waals surface area contributed by atoms with Crippen LogP contribution in [0.15, 0.2) is 24.3 Å². The van der Waals surface area contributed by atoms with Gasteiger partial charge in [0.1, 0.15) is 5.75 Å². The first-order chi connectivity index (χ1) is 8.26. The molecule has 2 rings (SSSR count). The van der Waals surface area contributed by atoms with Crippen molar-refractivity contribution in [2.45, 2.75) is 19.3 Å². The van der Waals surface area contributed by atoms with Gasteiger partial charge in [-0.2, -0.15) is 0 Å². The van der Waals surface area contributed by atoms with Gasteiger partial charge in [-0.1, -0.05) is 18.2 Å². The molecule has 17 heavy (non-hydrogen) atoms. The van der Waals surface area contributed by atoms with Crippen LogP contribution >= 0.6 is 0 Å². The molecule has 1 aromatic rings. The van der Waals surface area contributed by atoms with Gasteiger partial charge >= 0.3 is 5.97 Å². The van der Waals surface area contributed by atoms with Crippen molar-refractivity contribution >= 4 is 12.0 Å². The first-order valence-corrected chi connectivity index (χ1v) is 5.77. The highest BCUT2D eigenvalue weighted by Crippen LogP contribution is 2.33. The molecule has 0 aliphatic heterocycles. The largest absolute Gasteiger partial charge is 0.497 e. The molecule has 1 aromatic carbocycles. The van der Waals surface area contributed by atoms with Gasteiger partial charge in [0.25, 0.3) is 0 Å². The molecule has 0 aromatic heterocycles.